The van der Waals surface area contributed by atoms with Crippen LogP contribution in [-0.2, 0) is 0 Å². The van der Waals surface area contributed by atoms with E-state index in [9.17, 15) is 0 Å². The molecule has 4 heteroatoms. The van der Waals surface area contributed by atoms with Gasteiger partial charge in [0, 0.05) is 0 Å². The summed E-state index contributed by atoms with van der Waals surface area (Å²) in [6.07, 6.45) is -2.37. The first kappa shape index (κ1) is 14.4. The van der Waals surface area contributed by atoms with Gasteiger partial charge >= 0.3 is 0 Å². The van der Waals surface area contributed by atoms with Gasteiger partial charge < -0.3 is 20.4 Å². The predicted molar refractivity (Wildman–Crippen MR) is 46.7 cm³/mol. The van der Waals surface area contributed by atoms with E-state index in [1.54, 1.807) is 27.7 Å². The molecular weight excluding hydrogens is 160 g/mol. The van der Waals surface area contributed by atoms with Crippen molar-refractivity contribution in [3.8, 4) is 0 Å². The topological polar surface area (TPSA) is 80.9 Å². The lowest BCUT2D eigenvalue weighted by Crippen LogP contribution is -2.17. The van der Waals surface area contributed by atoms with Gasteiger partial charge in [0.15, 0.2) is 0 Å². The summed E-state index contributed by atoms with van der Waals surface area (Å²) in [5.74, 6) is 0. The third-order valence-corrected chi connectivity index (χ3v) is 1.40. The molecule has 0 aliphatic heterocycles. The Morgan fingerprint density at radius 1 is 0.500 bits per heavy atom. The molecule has 76 valence electrons. The first-order chi connectivity index (χ1) is 5.29. The van der Waals surface area contributed by atoms with Gasteiger partial charge in [0.05, 0.1) is 24.4 Å². The summed E-state index contributed by atoms with van der Waals surface area (Å²) < 4.78 is 0. The maximum absolute atomic E-state index is 8.38. The van der Waals surface area contributed by atoms with Gasteiger partial charge in [-0.15, -0.1) is 0 Å². The van der Waals surface area contributed by atoms with Crippen molar-refractivity contribution in [3.05, 3.63) is 0 Å². The van der Waals surface area contributed by atoms with Crippen LogP contribution < -0.4 is 0 Å². The third kappa shape index (κ3) is 12.5. The lowest BCUT2D eigenvalue weighted by Gasteiger charge is -2.03. The minimum Gasteiger partial charge on any atom is -0.391 e. The molecule has 0 rings (SSSR count). The number of hydrogen-bond donors (Lipinski definition) is 4. The van der Waals surface area contributed by atoms with Gasteiger partial charge in [-0.25, -0.2) is 0 Å². The Labute approximate surface area is 73.5 Å². The lowest BCUT2D eigenvalue weighted by molar-refractivity contribution is 0.0438. The van der Waals surface area contributed by atoms with Crippen molar-refractivity contribution in [2.45, 2.75) is 52.1 Å². The highest BCUT2D eigenvalue weighted by Crippen LogP contribution is 1.86. The van der Waals surface area contributed by atoms with Gasteiger partial charge in [-0.1, -0.05) is 0 Å². The van der Waals surface area contributed by atoms with Gasteiger partial charge in [0.2, 0.25) is 0 Å². The van der Waals surface area contributed by atoms with E-state index < -0.39 is 24.4 Å². The van der Waals surface area contributed by atoms with Crippen LogP contribution in [0.1, 0.15) is 27.7 Å². The van der Waals surface area contributed by atoms with Crippen LogP contribution in [0.4, 0.5) is 0 Å². The SMILES string of the molecule is C[C@H](O)[C@H](C)O.C[C@H](O)[C@H](C)O. The fourth-order valence-corrected chi connectivity index (χ4v) is 0. The third-order valence-electron chi connectivity index (χ3n) is 1.40. The maximum Gasteiger partial charge on any atom is 0.0768 e. The van der Waals surface area contributed by atoms with E-state index in [1.165, 1.54) is 0 Å². The second kappa shape index (κ2) is 7.49. The van der Waals surface area contributed by atoms with Crippen molar-refractivity contribution in [3.63, 3.8) is 0 Å². The first-order valence-electron chi connectivity index (χ1n) is 4.01. The van der Waals surface area contributed by atoms with Crippen molar-refractivity contribution >= 4 is 0 Å². The normalized spacial score (nSPS) is 20.0. The number of rotatable bonds is 2. The standard InChI is InChI=1S/2C4H10O2/c2*1-3(5)4(2)6/h2*3-6H,1-2H3/t2*3-,4-/m00/s1. The number of hydrogen-bond acceptors (Lipinski definition) is 4. The van der Waals surface area contributed by atoms with E-state index in [-0.39, 0.29) is 0 Å². The van der Waals surface area contributed by atoms with E-state index in [2.05, 4.69) is 0 Å². The Morgan fingerprint density at radius 2 is 0.583 bits per heavy atom. The van der Waals surface area contributed by atoms with Gasteiger partial charge in [-0.2, -0.15) is 0 Å². The molecule has 0 saturated heterocycles. The molecule has 0 aliphatic carbocycles. The second-order valence-corrected chi connectivity index (χ2v) is 2.96. The van der Waals surface area contributed by atoms with Crippen molar-refractivity contribution in [2.75, 3.05) is 0 Å². The van der Waals surface area contributed by atoms with Crippen LogP contribution in [0.2, 0.25) is 0 Å². The molecule has 4 N–H and O–H groups in total. The fraction of sp³-hybridized carbons (Fsp3) is 1.00. The summed E-state index contributed by atoms with van der Waals surface area (Å²) in [6.45, 7) is 6.19. The van der Waals surface area contributed by atoms with Crippen LogP contribution >= 0.6 is 0 Å². The van der Waals surface area contributed by atoms with Crippen molar-refractivity contribution in [2.24, 2.45) is 0 Å². The van der Waals surface area contributed by atoms with E-state index in [1.807, 2.05) is 0 Å². The molecule has 0 radical (unpaired) electrons. The molecule has 0 spiro atoms. The summed E-state index contributed by atoms with van der Waals surface area (Å²) in [4.78, 5) is 0. The Hall–Kier alpha value is -0.160. The van der Waals surface area contributed by atoms with Crippen LogP contribution in [0.15, 0.2) is 0 Å². The average Bonchev–Trinajstić information content (AvgIpc) is 1.88. The molecule has 0 aliphatic rings. The number of aliphatic hydroxyl groups is 4. The van der Waals surface area contributed by atoms with Crippen LogP contribution in [0.3, 0.4) is 0 Å². The highest BCUT2D eigenvalue weighted by atomic mass is 16.3. The average molecular weight is 180 g/mol. The zero-order chi connectivity index (χ0) is 10.3. The van der Waals surface area contributed by atoms with E-state index in [0.29, 0.717) is 0 Å². The molecule has 12 heavy (non-hydrogen) atoms. The van der Waals surface area contributed by atoms with Gasteiger partial charge in [-0.05, 0) is 27.7 Å². The van der Waals surface area contributed by atoms with Crippen molar-refractivity contribution in [1.82, 2.24) is 0 Å². The summed E-state index contributed by atoms with van der Waals surface area (Å²) in [6, 6.07) is 0. The molecule has 0 fully saturated rings. The van der Waals surface area contributed by atoms with Gasteiger partial charge in [-0.3, -0.25) is 0 Å². The molecule has 0 aromatic heterocycles. The predicted octanol–water partition coefficient (Wildman–Crippen LogP) is -0.504. The Morgan fingerprint density at radius 3 is 0.583 bits per heavy atom. The van der Waals surface area contributed by atoms with E-state index >= 15 is 0 Å². The van der Waals surface area contributed by atoms with Gasteiger partial charge in [0.1, 0.15) is 0 Å². The minimum absolute atomic E-state index is 0.593. The number of aliphatic hydroxyl groups excluding tert-OH is 4. The quantitative estimate of drug-likeness (QED) is 0.461. The molecule has 4 nitrogen and oxygen atoms in total. The molecule has 0 heterocycles. The lowest BCUT2D eigenvalue weighted by atomic mass is 10.3. The van der Waals surface area contributed by atoms with E-state index in [0.717, 1.165) is 0 Å². The first-order valence-corrected chi connectivity index (χ1v) is 4.01. The smallest absolute Gasteiger partial charge is 0.0768 e. The largest absolute Gasteiger partial charge is 0.391 e. The Bertz CT molecular complexity index is 65.1. The summed E-state index contributed by atoms with van der Waals surface area (Å²) in [5, 5.41) is 33.5. The highest BCUT2D eigenvalue weighted by Gasteiger charge is 2.00. The second-order valence-electron chi connectivity index (χ2n) is 2.96. The summed E-state index contributed by atoms with van der Waals surface area (Å²) in [7, 11) is 0. The molecular formula is C8H20O4. The molecule has 0 bridgehead atoms. The van der Waals surface area contributed by atoms with Crippen LogP contribution in [0.5, 0.6) is 0 Å². The van der Waals surface area contributed by atoms with Crippen molar-refractivity contribution in [1.29, 1.82) is 0 Å². The van der Waals surface area contributed by atoms with Crippen LogP contribution in [0, 0.1) is 0 Å². The fourth-order valence-electron chi connectivity index (χ4n) is 0. The minimum atomic E-state index is -0.593. The molecule has 0 unspecified atom stereocenters. The molecule has 0 aromatic carbocycles. The zero-order valence-electron chi connectivity index (χ0n) is 8.10. The molecule has 0 aromatic rings. The van der Waals surface area contributed by atoms with Crippen molar-refractivity contribution < 1.29 is 20.4 Å². The monoisotopic (exact) mass is 180 g/mol. The highest BCUT2D eigenvalue weighted by molar-refractivity contribution is 4.51. The summed E-state index contributed by atoms with van der Waals surface area (Å²) >= 11 is 0. The van der Waals surface area contributed by atoms with Crippen LogP contribution in [-0.4, -0.2) is 44.8 Å². The maximum atomic E-state index is 8.38. The molecule has 0 amide bonds. The molecule has 4 atom stereocenters. The Kier molecular flexibility index (Phi) is 8.97. The van der Waals surface area contributed by atoms with E-state index in [4.69, 9.17) is 20.4 Å². The van der Waals surface area contributed by atoms with Crippen LogP contribution in [0.25, 0.3) is 0 Å². The van der Waals surface area contributed by atoms with Gasteiger partial charge in [0.25, 0.3) is 0 Å². The molecule has 0 saturated carbocycles. The zero-order valence-corrected chi connectivity index (χ0v) is 8.10. The Balaban J connectivity index is 0. The summed E-state index contributed by atoms with van der Waals surface area (Å²) in [5.41, 5.74) is 0.